The monoisotopic (exact) mass is 441 g/mol. The molecule has 0 spiro atoms. The van der Waals surface area contributed by atoms with Crippen LogP contribution in [-0.4, -0.2) is 14.0 Å². The second-order valence-corrected chi connectivity index (χ2v) is 13.9. The highest BCUT2D eigenvalue weighted by Crippen LogP contribution is 2.37. The van der Waals surface area contributed by atoms with E-state index in [-0.39, 0.29) is 5.04 Å². The second kappa shape index (κ2) is 10.3. The Bertz CT molecular complexity index is 1090. The standard InChI is InChI=1S/C28H31NO2Si/c1-28(2,3)32(4,5)31-26-19-16-24(17-20-26)22-30-29-27(25-14-10-7-11-15-25)21-18-23-12-8-6-9-13-23/h6-17,19-20H,22H2,1-5H3/b29-27+. The third-order valence-electron chi connectivity index (χ3n) is 5.64. The smallest absolute Gasteiger partial charge is 0.250 e. The lowest BCUT2D eigenvalue weighted by molar-refractivity contribution is 0.131. The van der Waals surface area contributed by atoms with Crippen molar-refractivity contribution in [3.8, 4) is 17.6 Å². The van der Waals surface area contributed by atoms with Crippen molar-refractivity contribution in [2.75, 3.05) is 0 Å². The molecular formula is C28H31NO2Si. The van der Waals surface area contributed by atoms with Crippen LogP contribution in [-0.2, 0) is 11.4 Å². The zero-order valence-electron chi connectivity index (χ0n) is 19.6. The van der Waals surface area contributed by atoms with Crippen LogP contribution in [0.4, 0.5) is 0 Å². The molecule has 0 N–H and O–H groups in total. The maximum absolute atomic E-state index is 6.35. The Morgan fingerprint density at radius 1 is 0.844 bits per heavy atom. The fraction of sp³-hybridized carbons (Fsp3) is 0.250. The highest BCUT2D eigenvalue weighted by Gasteiger charge is 2.38. The molecule has 3 aromatic carbocycles. The van der Waals surface area contributed by atoms with Crippen molar-refractivity contribution in [2.45, 2.75) is 45.5 Å². The summed E-state index contributed by atoms with van der Waals surface area (Å²) in [5.41, 5.74) is 3.49. The van der Waals surface area contributed by atoms with Crippen molar-refractivity contribution < 1.29 is 9.26 Å². The van der Waals surface area contributed by atoms with Gasteiger partial charge >= 0.3 is 0 Å². The number of hydrogen-bond acceptors (Lipinski definition) is 3. The third-order valence-corrected chi connectivity index (χ3v) is 9.99. The first kappa shape index (κ1) is 23.4. The molecule has 0 fully saturated rings. The van der Waals surface area contributed by atoms with Gasteiger partial charge in [-0.3, -0.25) is 0 Å². The lowest BCUT2D eigenvalue weighted by Crippen LogP contribution is -2.43. The normalized spacial score (nSPS) is 12.0. The first-order valence-electron chi connectivity index (χ1n) is 10.8. The summed E-state index contributed by atoms with van der Waals surface area (Å²) in [7, 11) is -1.85. The molecule has 0 aliphatic heterocycles. The van der Waals surface area contributed by atoms with Gasteiger partial charge in [0.15, 0.2) is 5.71 Å². The van der Waals surface area contributed by atoms with Crippen molar-refractivity contribution in [1.82, 2.24) is 0 Å². The molecule has 3 aromatic rings. The van der Waals surface area contributed by atoms with E-state index in [1.807, 2.05) is 84.9 Å². The van der Waals surface area contributed by atoms with E-state index in [1.54, 1.807) is 0 Å². The number of benzene rings is 3. The molecule has 164 valence electrons. The largest absolute Gasteiger partial charge is 0.544 e. The highest BCUT2D eigenvalue weighted by molar-refractivity contribution is 6.74. The molecular weight excluding hydrogens is 410 g/mol. The van der Waals surface area contributed by atoms with Crippen LogP contribution in [0.25, 0.3) is 0 Å². The molecule has 32 heavy (non-hydrogen) atoms. The van der Waals surface area contributed by atoms with Gasteiger partial charge in [0, 0.05) is 11.1 Å². The van der Waals surface area contributed by atoms with Crippen LogP contribution in [0.3, 0.4) is 0 Å². The van der Waals surface area contributed by atoms with Crippen LogP contribution < -0.4 is 4.43 Å². The minimum absolute atomic E-state index is 0.165. The van der Waals surface area contributed by atoms with Crippen LogP contribution in [0.2, 0.25) is 18.1 Å². The van der Waals surface area contributed by atoms with E-state index in [0.717, 1.165) is 22.4 Å². The van der Waals surface area contributed by atoms with Crippen molar-refractivity contribution in [2.24, 2.45) is 5.16 Å². The Balaban J connectivity index is 1.69. The Labute approximate surface area is 193 Å². The fourth-order valence-corrected chi connectivity index (χ4v) is 3.70. The molecule has 3 nitrogen and oxygen atoms in total. The van der Waals surface area contributed by atoms with Crippen molar-refractivity contribution in [3.05, 3.63) is 102 Å². The molecule has 0 amide bonds. The van der Waals surface area contributed by atoms with E-state index >= 15 is 0 Å². The Hall–Kier alpha value is -3.29. The van der Waals surface area contributed by atoms with E-state index < -0.39 is 8.32 Å². The summed E-state index contributed by atoms with van der Waals surface area (Å²) in [4.78, 5) is 5.67. The molecule has 0 heterocycles. The molecule has 0 saturated heterocycles. The number of nitrogens with zero attached hydrogens (tertiary/aromatic N) is 1. The molecule has 0 unspecified atom stereocenters. The maximum Gasteiger partial charge on any atom is 0.250 e. The van der Waals surface area contributed by atoms with Gasteiger partial charge < -0.3 is 9.26 Å². The summed E-state index contributed by atoms with van der Waals surface area (Å²) in [6.45, 7) is 11.6. The average molecular weight is 442 g/mol. The van der Waals surface area contributed by atoms with E-state index in [1.165, 1.54) is 0 Å². The second-order valence-electron chi connectivity index (χ2n) is 9.20. The van der Waals surface area contributed by atoms with Gasteiger partial charge in [0.2, 0.25) is 8.32 Å². The number of rotatable bonds is 6. The van der Waals surface area contributed by atoms with Crippen LogP contribution >= 0.6 is 0 Å². The summed E-state index contributed by atoms with van der Waals surface area (Å²) in [6.07, 6.45) is 0. The van der Waals surface area contributed by atoms with Crippen LogP contribution in [0, 0.1) is 11.8 Å². The molecule has 0 aromatic heterocycles. The lowest BCUT2D eigenvalue weighted by Gasteiger charge is -2.36. The van der Waals surface area contributed by atoms with Crippen LogP contribution in [0.15, 0.2) is 90.1 Å². The predicted octanol–water partition coefficient (Wildman–Crippen LogP) is 7.04. The highest BCUT2D eigenvalue weighted by atomic mass is 28.4. The molecule has 0 aliphatic rings. The topological polar surface area (TPSA) is 30.8 Å². The Kier molecular flexibility index (Phi) is 7.56. The minimum atomic E-state index is -1.85. The Morgan fingerprint density at radius 2 is 1.44 bits per heavy atom. The van der Waals surface area contributed by atoms with Crippen molar-refractivity contribution in [1.29, 1.82) is 0 Å². The van der Waals surface area contributed by atoms with Crippen LogP contribution in [0.5, 0.6) is 5.75 Å². The number of oxime groups is 1. The summed E-state index contributed by atoms with van der Waals surface area (Å²) in [5, 5.41) is 4.50. The average Bonchev–Trinajstić information content (AvgIpc) is 2.77. The quantitative estimate of drug-likeness (QED) is 0.178. The van der Waals surface area contributed by atoms with Crippen molar-refractivity contribution >= 4 is 14.0 Å². The SMILES string of the molecule is CC(C)(C)[Si](C)(C)Oc1ccc(CO/N=C(\C#Cc2ccccc2)c2ccccc2)cc1. The Morgan fingerprint density at radius 3 is 2.03 bits per heavy atom. The molecule has 0 atom stereocenters. The zero-order valence-corrected chi connectivity index (χ0v) is 20.6. The molecule has 0 saturated carbocycles. The molecule has 3 rings (SSSR count). The first-order valence-corrected chi connectivity index (χ1v) is 13.8. The zero-order chi connectivity index (χ0) is 23.0. The summed E-state index contributed by atoms with van der Waals surface area (Å²) >= 11 is 0. The van der Waals surface area contributed by atoms with Gasteiger partial charge in [-0.15, -0.1) is 0 Å². The van der Waals surface area contributed by atoms with Crippen LogP contribution in [0.1, 0.15) is 37.5 Å². The van der Waals surface area contributed by atoms with Gasteiger partial charge in [-0.2, -0.15) is 0 Å². The minimum Gasteiger partial charge on any atom is -0.544 e. The predicted molar refractivity (Wildman–Crippen MR) is 135 cm³/mol. The molecule has 4 heteroatoms. The lowest BCUT2D eigenvalue weighted by atomic mass is 10.1. The van der Waals surface area contributed by atoms with Gasteiger partial charge in [0.25, 0.3) is 0 Å². The number of hydrogen-bond donors (Lipinski definition) is 0. The van der Waals surface area contributed by atoms with Crippen molar-refractivity contribution in [3.63, 3.8) is 0 Å². The van der Waals surface area contributed by atoms with Gasteiger partial charge in [-0.25, -0.2) is 0 Å². The van der Waals surface area contributed by atoms with E-state index in [9.17, 15) is 0 Å². The molecule has 0 aliphatic carbocycles. The molecule has 0 bridgehead atoms. The first-order chi connectivity index (χ1) is 15.2. The maximum atomic E-state index is 6.35. The summed E-state index contributed by atoms with van der Waals surface area (Å²) in [6, 6.07) is 27.8. The third kappa shape index (κ3) is 6.60. The van der Waals surface area contributed by atoms with Gasteiger partial charge in [0.1, 0.15) is 12.4 Å². The summed E-state index contributed by atoms with van der Waals surface area (Å²) < 4.78 is 6.35. The van der Waals surface area contributed by atoms with Gasteiger partial charge in [-0.05, 0) is 53.9 Å². The fourth-order valence-electron chi connectivity index (χ4n) is 2.67. The van der Waals surface area contributed by atoms with E-state index in [0.29, 0.717) is 12.3 Å². The molecule has 0 radical (unpaired) electrons. The van der Waals surface area contributed by atoms with Gasteiger partial charge in [0.05, 0.1) is 0 Å². The van der Waals surface area contributed by atoms with Gasteiger partial charge in [-0.1, -0.05) is 92.5 Å². The summed E-state index contributed by atoms with van der Waals surface area (Å²) in [5.74, 6) is 7.21. The van der Waals surface area contributed by atoms with E-state index in [4.69, 9.17) is 9.26 Å². The van der Waals surface area contributed by atoms with E-state index in [2.05, 4.69) is 50.9 Å².